The van der Waals surface area contributed by atoms with E-state index >= 15 is 0 Å². The van der Waals surface area contributed by atoms with Gasteiger partial charge in [0.25, 0.3) is 5.91 Å². The van der Waals surface area contributed by atoms with Crippen molar-refractivity contribution in [2.24, 2.45) is 0 Å². The van der Waals surface area contributed by atoms with Crippen molar-refractivity contribution in [2.45, 2.75) is 13.0 Å². The van der Waals surface area contributed by atoms with E-state index in [2.05, 4.69) is 35.6 Å². The second kappa shape index (κ2) is 7.41. The molecule has 4 heteroatoms. The minimum Gasteiger partial charge on any atom is -0.329 e. The van der Waals surface area contributed by atoms with Crippen molar-refractivity contribution in [3.05, 3.63) is 89.7 Å². The van der Waals surface area contributed by atoms with Gasteiger partial charge in [-0.3, -0.25) is 4.79 Å². The lowest BCUT2D eigenvalue weighted by Gasteiger charge is -2.40. The van der Waals surface area contributed by atoms with E-state index in [4.69, 9.17) is 0 Å². The summed E-state index contributed by atoms with van der Waals surface area (Å²) in [5.41, 5.74) is 4.14. The summed E-state index contributed by atoms with van der Waals surface area (Å²) in [7, 11) is 2.12. The maximum Gasteiger partial charge on any atom is 0.254 e. The van der Waals surface area contributed by atoms with Gasteiger partial charge in [0, 0.05) is 43.3 Å². The van der Waals surface area contributed by atoms with Crippen LogP contribution in [0.5, 0.6) is 0 Å². The highest BCUT2D eigenvalue weighted by molar-refractivity contribution is 5.95. The maximum absolute atomic E-state index is 13.4. The first-order chi connectivity index (χ1) is 13.1. The Balaban J connectivity index is 1.68. The molecule has 1 amide bonds. The molecule has 0 saturated carbocycles. The molecule has 2 heterocycles. The molecule has 1 fully saturated rings. The molecule has 2 aromatic carbocycles. The lowest BCUT2D eigenvalue weighted by Crippen LogP contribution is -2.49. The molecule has 1 unspecified atom stereocenters. The molecule has 4 nitrogen and oxygen atoms in total. The summed E-state index contributed by atoms with van der Waals surface area (Å²) in [6.07, 6.45) is 4.03. The largest absolute Gasteiger partial charge is 0.329 e. The Morgan fingerprint density at radius 2 is 1.70 bits per heavy atom. The second-order valence-electron chi connectivity index (χ2n) is 7.28. The van der Waals surface area contributed by atoms with E-state index in [0.29, 0.717) is 0 Å². The minimum atomic E-state index is 0.0776. The molecule has 1 atom stereocenters. The van der Waals surface area contributed by atoms with Crippen LogP contribution in [0.15, 0.2) is 73.1 Å². The fourth-order valence-corrected chi connectivity index (χ4v) is 3.80. The van der Waals surface area contributed by atoms with Crippen molar-refractivity contribution in [3.8, 4) is 5.69 Å². The Labute approximate surface area is 160 Å². The predicted octanol–water partition coefficient (Wildman–Crippen LogP) is 3.91. The van der Waals surface area contributed by atoms with Gasteiger partial charge >= 0.3 is 0 Å². The number of carbonyl (C=O) groups excluding carboxylic acids is 1. The van der Waals surface area contributed by atoms with Gasteiger partial charge in [-0.2, -0.15) is 0 Å². The van der Waals surface area contributed by atoms with E-state index in [1.54, 1.807) is 0 Å². The van der Waals surface area contributed by atoms with Crippen molar-refractivity contribution < 1.29 is 4.79 Å². The Bertz CT molecular complexity index is 918. The molecule has 1 aromatic heterocycles. The number of benzene rings is 2. The number of hydrogen-bond acceptors (Lipinski definition) is 2. The van der Waals surface area contributed by atoms with Crippen LogP contribution in [0, 0.1) is 6.92 Å². The fourth-order valence-electron chi connectivity index (χ4n) is 3.80. The Morgan fingerprint density at radius 3 is 2.44 bits per heavy atom. The normalized spacial score (nSPS) is 17.9. The van der Waals surface area contributed by atoms with Gasteiger partial charge in [0.15, 0.2) is 0 Å². The van der Waals surface area contributed by atoms with E-state index < -0.39 is 0 Å². The molecule has 0 bridgehead atoms. The number of piperazine rings is 1. The first-order valence-electron chi connectivity index (χ1n) is 9.42. The highest BCUT2D eigenvalue weighted by Gasteiger charge is 2.31. The molecule has 1 aliphatic heterocycles. The summed E-state index contributed by atoms with van der Waals surface area (Å²) < 4.78 is 2.06. The van der Waals surface area contributed by atoms with Gasteiger partial charge in [-0.1, -0.05) is 36.4 Å². The number of hydrogen-bond donors (Lipinski definition) is 0. The van der Waals surface area contributed by atoms with Crippen LogP contribution in [0.25, 0.3) is 5.69 Å². The van der Waals surface area contributed by atoms with Crippen molar-refractivity contribution in [1.29, 1.82) is 0 Å². The molecular formula is C23H25N3O. The lowest BCUT2D eigenvalue weighted by molar-refractivity contribution is 0.0498. The van der Waals surface area contributed by atoms with E-state index in [1.807, 2.05) is 65.8 Å². The van der Waals surface area contributed by atoms with Crippen LogP contribution in [0.2, 0.25) is 0 Å². The summed E-state index contributed by atoms with van der Waals surface area (Å²) in [5, 5.41) is 0. The molecule has 1 saturated heterocycles. The number of likely N-dealkylation sites (N-methyl/N-ethyl adjacent to an activating group) is 1. The summed E-state index contributed by atoms with van der Waals surface area (Å²) >= 11 is 0. The van der Waals surface area contributed by atoms with E-state index in [1.165, 1.54) is 5.56 Å². The predicted molar refractivity (Wildman–Crippen MR) is 108 cm³/mol. The Morgan fingerprint density at radius 1 is 0.963 bits per heavy atom. The third-order valence-corrected chi connectivity index (χ3v) is 5.37. The standard InChI is InChI=1S/C23H25N3O/c1-18-10-11-20(16-21(18)25-12-6-7-13-25)23(27)26-15-14-24(2)17-22(26)19-8-4-3-5-9-19/h3-13,16,22H,14-15,17H2,1-2H3. The van der Waals surface area contributed by atoms with Crippen molar-refractivity contribution in [2.75, 3.05) is 26.7 Å². The first kappa shape index (κ1) is 17.6. The molecule has 4 rings (SSSR count). The molecule has 0 radical (unpaired) electrons. The maximum atomic E-state index is 13.4. The topological polar surface area (TPSA) is 28.5 Å². The van der Waals surface area contributed by atoms with Crippen LogP contribution in [0.1, 0.15) is 27.5 Å². The number of aryl methyl sites for hydroxylation is 1. The van der Waals surface area contributed by atoms with Gasteiger partial charge in [0.05, 0.1) is 6.04 Å². The SMILES string of the molecule is Cc1ccc(C(=O)N2CCN(C)CC2c2ccccc2)cc1-n1cccc1. The highest BCUT2D eigenvalue weighted by Crippen LogP contribution is 2.27. The van der Waals surface area contributed by atoms with E-state index in [0.717, 1.165) is 36.4 Å². The number of amides is 1. The summed E-state index contributed by atoms with van der Waals surface area (Å²) in [6, 6.07) is 20.4. The van der Waals surface area contributed by atoms with Gasteiger partial charge < -0.3 is 14.4 Å². The third kappa shape index (κ3) is 3.53. The van der Waals surface area contributed by atoms with Gasteiger partial charge in [-0.25, -0.2) is 0 Å². The summed E-state index contributed by atoms with van der Waals surface area (Å²) in [6.45, 7) is 4.56. The molecule has 1 aliphatic rings. The third-order valence-electron chi connectivity index (χ3n) is 5.37. The molecule has 27 heavy (non-hydrogen) atoms. The van der Waals surface area contributed by atoms with Crippen LogP contribution in [-0.4, -0.2) is 47.0 Å². The fraction of sp³-hybridized carbons (Fsp3) is 0.261. The number of rotatable bonds is 3. The zero-order chi connectivity index (χ0) is 18.8. The molecule has 0 aliphatic carbocycles. The monoisotopic (exact) mass is 359 g/mol. The summed E-state index contributed by atoms with van der Waals surface area (Å²) in [4.78, 5) is 17.7. The van der Waals surface area contributed by atoms with E-state index in [9.17, 15) is 4.79 Å². The van der Waals surface area contributed by atoms with Crippen LogP contribution < -0.4 is 0 Å². The molecule has 0 N–H and O–H groups in total. The van der Waals surface area contributed by atoms with Crippen molar-refractivity contribution in [3.63, 3.8) is 0 Å². The van der Waals surface area contributed by atoms with Gasteiger partial charge in [0.2, 0.25) is 0 Å². The molecule has 138 valence electrons. The van der Waals surface area contributed by atoms with Crippen molar-refractivity contribution >= 4 is 5.91 Å². The molecular weight excluding hydrogens is 334 g/mol. The average molecular weight is 359 g/mol. The first-order valence-corrected chi connectivity index (χ1v) is 9.42. The minimum absolute atomic E-state index is 0.0776. The van der Waals surface area contributed by atoms with Crippen molar-refractivity contribution in [1.82, 2.24) is 14.4 Å². The molecule has 0 spiro atoms. The Kier molecular flexibility index (Phi) is 4.82. The van der Waals surface area contributed by atoms with Crippen LogP contribution in [0.4, 0.5) is 0 Å². The average Bonchev–Trinajstić information content (AvgIpc) is 3.23. The number of carbonyl (C=O) groups is 1. The lowest BCUT2D eigenvalue weighted by atomic mass is 10.0. The number of nitrogens with zero attached hydrogens (tertiary/aromatic N) is 3. The van der Waals surface area contributed by atoms with Gasteiger partial charge in [0.1, 0.15) is 0 Å². The highest BCUT2D eigenvalue weighted by atomic mass is 16.2. The summed E-state index contributed by atoms with van der Waals surface area (Å²) in [5.74, 6) is 0.102. The quantitative estimate of drug-likeness (QED) is 0.709. The second-order valence-corrected chi connectivity index (χ2v) is 7.28. The zero-order valence-electron chi connectivity index (χ0n) is 15.9. The molecule has 3 aromatic rings. The zero-order valence-corrected chi connectivity index (χ0v) is 15.9. The van der Waals surface area contributed by atoms with Gasteiger partial charge in [-0.15, -0.1) is 0 Å². The van der Waals surface area contributed by atoms with E-state index in [-0.39, 0.29) is 11.9 Å². The van der Waals surface area contributed by atoms with Gasteiger partial charge in [-0.05, 0) is 49.4 Å². The Hall–Kier alpha value is -2.85. The van der Waals surface area contributed by atoms with Crippen LogP contribution >= 0.6 is 0 Å². The van der Waals surface area contributed by atoms with Crippen LogP contribution in [0.3, 0.4) is 0 Å². The number of aromatic nitrogens is 1. The van der Waals surface area contributed by atoms with Crippen LogP contribution in [-0.2, 0) is 0 Å². The smallest absolute Gasteiger partial charge is 0.254 e.